The largest absolute Gasteiger partial charge is 0.332 e. The minimum Gasteiger partial charge on any atom is -0.328 e. The van der Waals surface area contributed by atoms with E-state index in [0.29, 0.717) is 12.1 Å². The average molecular weight is 419 g/mol. The van der Waals surface area contributed by atoms with Crippen LogP contribution in [0, 0.1) is 0 Å². The fraction of sp³-hybridized carbons (Fsp3) is 0.278. The van der Waals surface area contributed by atoms with Gasteiger partial charge in [0.1, 0.15) is 6.54 Å². The summed E-state index contributed by atoms with van der Waals surface area (Å²) in [6, 6.07) is 4.62. The molecule has 11 heteroatoms. The number of amides is 2. The first-order chi connectivity index (χ1) is 13.7. The minimum absolute atomic E-state index is 0.191. The van der Waals surface area contributed by atoms with E-state index >= 15 is 0 Å². The summed E-state index contributed by atoms with van der Waals surface area (Å²) in [5, 5.41) is 5.48. The third kappa shape index (κ3) is 3.92. The molecule has 2 aromatic heterocycles. The molecule has 2 N–H and O–H groups in total. The molecule has 29 heavy (non-hydrogen) atoms. The van der Waals surface area contributed by atoms with E-state index in [2.05, 4.69) is 15.6 Å². The van der Waals surface area contributed by atoms with Gasteiger partial charge in [-0.25, -0.2) is 14.3 Å². The van der Waals surface area contributed by atoms with E-state index in [9.17, 15) is 19.2 Å². The van der Waals surface area contributed by atoms with E-state index in [1.807, 2.05) is 0 Å². The Balaban J connectivity index is 1.90. The summed E-state index contributed by atoms with van der Waals surface area (Å²) in [4.78, 5) is 53.3. The van der Waals surface area contributed by atoms with Crippen LogP contribution in [0.3, 0.4) is 0 Å². The lowest BCUT2D eigenvalue weighted by atomic mass is 10.2. The van der Waals surface area contributed by atoms with Crippen LogP contribution in [0.4, 0.5) is 11.4 Å². The third-order valence-electron chi connectivity index (χ3n) is 4.35. The maximum absolute atomic E-state index is 12.7. The van der Waals surface area contributed by atoms with Crippen LogP contribution >= 0.6 is 11.6 Å². The number of imidazole rings is 1. The Bertz CT molecular complexity index is 1240. The van der Waals surface area contributed by atoms with Crippen molar-refractivity contribution >= 4 is 46.0 Å². The Morgan fingerprint density at radius 3 is 2.55 bits per heavy atom. The van der Waals surface area contributed by atoms with Gasteiger partial charge in [-0.1, -0.05) is 18.5 Å². The number of fused-ring (bicyclic) bond motifs is 1. The summed E-state index contributed by atoms with van der Waals surface area (Å²) in [5.41, 5.74) is -0.124. The Labute approximate surface area is 169 Å². The van der Waals surface area contributed by atoms with Crippen molar-refractivity contribution in [2.45, 2.75) is 19.9 Å². The molecule has 0 radical (unpaired) electrons. The molecule has 0 aliphatic rings. The lowest BCUT2D eigenvalue weighted by Gasteiger charge is -2.12. The maximum Gasteiger partial charge on any atom is 0.332 e. The summed E-state index contributed by atoms with van der Waals surface area (Å²) in [5.74, 6) is -0.810. The number of aromatic nitrogens is 4. The molecule has 0 aliphatic carbocycles. The Kier molecular flexibility index (Phi) is 5.55. The first-order valence-electron chi connectivity index (χ1n) is 8.73. The molecule has 3 rings (SSSR count). The van der Waals surface area contributed by atoms with Crippen LogP contribution in [0.1, 0.15) is 13.3 Å². The molecule has 0 unspecified atom stereocenters. The molecule has 0 saturated heterocycles. The van der Waals surface area contributed by atoms with Crippen molar-refractivity contribution < 1.29 is 9.59 Å². The smallest absolute Gasteiger partial charge is 0.328 e. The van der Waals surface area contributed by atoms with E-state index in [4.69, 9.17) is 11.6 Å². The van der Waals surface area contributed by atoms with Crippen molar-refractivity contribution in [1.82, 2.24) is 18.7 Å². The van der Waals surface area contributed by atoms with E-state index < -0.39 is 23.7 Å². The number of rotatable bonds is 5. The van der Waals surface area contributed by atoms with Crippen molar-refractivity contribution in [2.24, 2.45) is 14.1 Å². The molecule has 3 aromatic rings. The second kappa shape index (κ2) is 7.92. The third-order valence-corrected chi connectivity index (χ3v) is 4.68. The molecule has 152 valence electrons. The van der Waals surface area contributed by atoms with Crippen molar-refractivity contribution in [1.29, 1.82) is 0 Å². The van der Waals surface area contributed by atoms with Gasteiger partial charge in [-0.3, -0.25) is 19.0 Å². The number of halogens is 1. The number of nitrogens with one attached hydrogen (secondary N) is 2. The molecule has 10 nitrogen and oxygen atoms in total. The molecule has 0 aliphatic heterocycles. The number of carbonyl (C=O) groups excluding carboxylic acids is 2. The number of aryl methyl sites for hydroxylation is 2. The van der Waals surface area contributed by atoms with E-state index in [-0.39, 0.29) is 27.8 Å². The monoisotopic (exact) mass is 418 g/mol. The fourth-order valence-electron chi connectivity index (χ4n) is 2.82. The highest BCUT2D eigenvalue weighted by atomic mass is 35.5. The van der Waals surface area contributed by atoms with Gasteiger partial charge in [0.25, 0.3) is 5.56 Å². The molecule has 2 amide bonds. The zero-order chi connectivity index (χ0) is 21.3. The van der Waals surface area contributed by atoms with Crippen LogP contribution in [0.5, 0.6) is 0 Å². The fourth-order valence-corrected chi connectivity index (χ4v) is 2.98. The Morgan fingerprint density at radius 1 is 1.14 bits per heavy atom. The Morgan fingerprint density at radius 2 is 1.86 bits per heavy atom. The summed E-state index contributed by atoms with van der Waals surface area (Å²) in [7, 11) is 3.10. The van der Waals surface area contributed by atoms with Crippen LogP contribution < -0.4 is 21.9 Å². The minimum atomic E-state index is -0.661. The van der Waals surface area contributed by atoms with E-state index in [1.165, 1.54) is 34.6 Å². The summed E-state index contributed by atoms with van der Waals surface area (Å²) in [6.07, 6.45) is 1.72. The molecular formula is C18H19ClN6O4. The van der Waals surface area contributed by atoms with Gasteiger partial charge in [0.2, 0.25) is 11.8 Å². The zero-order valence-electron chi connectivity index (χ0n) is 16.0. The van der Waals surface area contributed by atoms with Crippen molar-refractivity contribution in [3.8, 4) is 0 Å². The first-order valence-corrected chi connectivity index (χ1v) is 9.10. The van der Waals surface area contributed by atoms with Crippen molar-refractivity contribution in [2.75, 3.05) is 10.6 Å². The molecule has 0 saturated carbocycles. The standard InChI is InChI=1S/C18H19ClN6O4/c1-4-13(26)21-10-5-6-11(19)12(7-10)22-14(27)8-25-17(28)15-16(20-9-23(15)2)24(3)18(25)29/h5-7,9H,4,8H2,1-3H3,(H,21,26)(H,22,27). The van der Waals surface area contributed by atoms with Gasteiger partial charge in [-0.05, 0) is 18.2 Å². The van der Waals surface area contributed by atoms with Gasteiger partial charge in [0.05, 0.1) is 17.0 Å². The van der Waals surface area contributed by atoms with Gasteiger partial charge in [0.15, 0.2) is 11.2 Å². The van der Waals surface area contributed by atoms with Gasteiger partial charge >= 0.3 is 5.69 Å². The highest BCUT2D eigenvalue weighted by Crippen LogP contribution is 2.25. The van der Waals surface area contributed by atoms with Crippen LogP contribution in [-0.4, -0.2) is 30.5 Å². The second-order valence-corrected chi connectivity index (χ2v) is 6.81. The van der Waals surface area contributed by atoms with Gasteiger partial charge < -0.3 is 15.2 Å². The number of hydrogen-bond donors (Lipinski definition) is 2. The lowest BCUT2D eigenvalue weighted by molar-refractivity contribution is -0.117. The van der Waals surface area contributed by atoms with Crippen LogP contribution in [-0.2, 0) is 30.2 Å². The second-order valence-electron chi connectivity index (χ2n) is 6.41. The number of hydrogen-bond acceptors (Lipinski definition) is 5. The molecule has 0 spiro atoms. The highest BCUT2D eigenvalue weighted by molar-refractivity contribution is 6.33. The predicted octanol–water partition coefficient (Wildman–Crippen LogP) is 1.07. The lowest BCUT2D eigenvalue weighted by Crippen LogP contribution is -2.42. The zero-order valence-corrected chi connectivity index (χ0v) is 16.8. The molecule has 1 aromatic carbocycles. The van der Waals surface area contributed by atoms with Crippen LogP contribution in [0.25, 0.3) is 11.2 Å². The van der Waals surface area contributed by atoms with Crippen molar-refractivity contribution in [3.63, 3.8) is 0 Å². The maximum atomic E-state index is 12.7. The van der Waals surface area contributed by atoms with Gasteiger partial charge in [-0.15, -0.1) is 0 Å². The van der Waals surface area contributed by atoms with Crippen LogP contribution in [0.2, 0.25) is 5.02 Å². The summed E-state index contributed by atoms with van der Waals surface area (Å²) in [6.45, 7) is 1.21. The molecule has 0 fully saturated rings. The van der Waals surface area contributed by atoms with Crippen molar-refractivity contribution in [3.05, 3.63) is 50.4 Å². The average Bonchev–Trinajstić information content (AvgIpc) is 3.07. The quantitative estimate of drug-likeness (QED) is 0.642. The highest BCUT2D eigenvalue weighted by Gasteiger charge is 2.17. The van der Waals surface area contributed by atoms with Gasteiger partial charge in [-0.2, -0.15) is 0 Å². The topological polar surface area (TPSA) is 120 Å². The summed E-state index contributed by atoms with van der Waals surface area (Å²) < 4.78 is 3.52. The molecule has 2 heterocycles. The normalized spacial score (nSPS) is 10.9. The molecule has 0 atom stereocenters. The Hall–Kier alpha value is -3.40. The summed E-state index contributed by atoms with van der Waals surface area (Å²) >= 11 is 6.11. The number of anilines is 2. The molecular weight excluding hydrogens is 400 g/mol. The first kappa shape index (κ1) is 20.3. The van der Waals surface area contributed by atoms with Crippen LogP contribution in [0.15, 0.2) is 34.1 Å². The number of benzene rings is 1. The predicted molar refractivity (Wildman–Crippen MR) is 109 cm³/mol. The number of nitrogens with zero attached hydrogens (tertiary/aromatic N) is 4. The van der Waals surface area contributed by atoms with E-state index in [0.717, 1.165) is 4.57 Å². The SMILES string of the molecule is CCC(=O)Nc1ccc(Cl)c(NC(=O)Cn2c(=O)c3c(ncn3C)n(C)c2=O)c1. The number of carbonyl (C=O) groups is 2. The van der Waals surface area contributed by atoms with Gasteiger partial charge in [0, 0.05) is 26.2 Å². The molecule has 0 bridgehead atoms. The van der Waals surface area contributed by atoms with E-state index in [1.54, 1.807) is 20.0 Å².